The molecule has 0 saturated carbocycles. The maximum absolute atomic E-state index is 5.21. The molecule has 4 heteroatoms. The van der Waals surface area contributed by atoms with Gasteiger partial charge in [-0.05, 0) is 60.7 Å². The van der Waals surface area contributed by atoms with Crippen LogP contribution in [0.5, 0.6) is 0 Å². The van der Waals surface area contributed by atoms with Crippen molar-refractivity contribution in [2.24, 2.45) is 0 Å². The summed E-state index contributed by atoms with van der Waals surface area (Å²) in [5.41, 5.74) is 11.3. The van der Waals surface area contributed by atoms with E-state index < -0.39 is 0 Å². The number of nitrogens with zero attached hydrogens (tertiary/aromatic N) is 4. The highest BCUT2D eigenvalue weighted by molar-refractivity contribution is 6.28. The number of aromatic nitrogens is 4. The first-order valence-corrected chi connectivity index (χ1v) is 16.1. The predicted octanol–water partition coefficient (Wildman–Crippen LogP) is 11.0. The molecule has 7 aromatic carbocycles. The number of rotatable bonds is 2. The van der Waals surface area contributed by atoms with E-state index in [-0.39, 0.29) is 0 Å². The van der Waals surface area contributed by atoms with Gasteiger partial charge in [-0.15, -0.1) is 0 Å². The van der Waals surface area contributed by atoms with E-state index in [4.69, 9.17) is 4.98 Å². The second-order valence-electron chi connectivity index (χ2n) is 12.4. The van der Waals surface area contributed by atoms with Crippen LogP contribution in [0.15, 0.2) is 158 Å². The molecule has 0 aliphatic carbocycles. The number of fused-ring (bicyclic) bond motifs is 15. The lowest BCUT2D eigenvalue weighted by Crippen LogP contribution is -1.99. The average Bonchev–Trinajstić information content (AvgIpc) is 3.80. The number of para-hydroxylation sites is 6. The SMILES string of the molecule is c1cc(-n2c3ccccc3c3ccccc32)cc(-n2c3ccccc3c3ccc4c(c5ccccc5n5c6ccccc6nc45)c32)c1. The zero-order valence-electron chi connectivity index (χ0n) is 25.3. The lowest BCUT2D eigenvalue weighted by Gasteiger charge is -2.15. The van der Waals surface area contributed by atoms with Crippen LogP contribution in [0.1, 0.15) is 0 Å². The Hall–Kier alpha value is -6.39. The fourth-order valence-electron chi connectivity index (χ4n) is 8.09. The first-order chi connectivity index (χ1) is 23.3. The summed E-state index contributed by atoms with van der Waals surface area (Å²) in [7, 11) is 0. The normalized spacial score (nSPS) is 12.3. The first kappa shape index (κ1) is 24.9. The molecule has 11 rings (SSSR count). The number of imidazole rings is 1. The smallest absolute Gasteiger partial charge is 0.146 e. The van der Waals surface area contributed by atoms with Crippen LogP contribution in [0.2, 0.25) is 0 Å². The van der Waals surface area contributed by atoms with Crippen LogP contribution < -0.4 is 0 Å². The topological polar surface area (TPSA) is 27.2 Å². The molecular weight excluding hydrogens is 573 g/mol. The predicted molar refractivity (Wildman–Crippen MR) is 196 cm³/mol. The Morgan fingerprint density at radius 2 is 0.872 bits per heavy atom. The minimum atomic E-state index is 0.984. The standard InChI is InChI=1S/C43H26N4/c1-6-19-36-29(14-1)30-15-2-7-20-37(30)45(36)27-12-11-13-28(26-27)46-38-21-8-3-16-31(38)32-24-25-34-41(42(32)46)33-17-4-9-22-39(33)47-40-23-10-5-18-35(40)44-43(34)47/h1-26H. The Labute approximate surface area is 268 Å². The van der Waals surface area contributed by atoms with Gasteiger partial charge in [-0.25, -0.2) is 4.98 Å². The molecule has 0 spiro atoms. The summed E-state index contributed by atoms with van der Waals surface area (Å²) >= 11 is 0. The monoisotopic (exact) mass is 598 g/mol. The molecule has 0 fully saturated rings. The molecule has 0 bridgehead atoms. The van der Waals surface area contributed by atoms with Crippen molar-refractivity contribution in [3.8, 4) is 11.4 Å². The van der Waals surface area contributed by atoms with Gasteiger partial charge in [0.1, 0.15) is 5.65 Å². The molecule has 0 amide bonds. The van der Waals surface area contributed by atoms with Gasteiger partial charge in [0.15, 0.2) is 0 Å². The van der Waals surface area contributed by atoms with Gasteiger partial charge >= 0.3 is 0 Å². The maximum atomic E-state index is 5.21. The van der Waals surface area contributed by atoms with Crippen molar-refractivity contribution in [3.63, 3.8) is 0 Å². The Morgan fingerprint density at radius 1 is 0.362 bits per heavy atom. The Bertz CT molecular complexity index is 3030. The van der Waals surface area contributed by atoms with E-state index in [1.807, 2.05) is 0 Å². The van der Waals surface area contributed by atoms with Gasteiger partial charge in [0.2, 0.25) is 0 Å². The minimum absolute atomic E-state index is 0.984. The summed E-state index contributed by atoms with van der Waals surface area (Å²) in [6, 6.07) is 57.0. The molecule has 4 aromatic heterocycles. The molecule has 0 aliphatic rings. The third kappa shape index (κ3) is 3.23. The van der Waals surface area contributed by atoms with E-state index in [9.17, 15) is 0 Å². The Morgan fingerprint density at radius 3 is 1.57 bits per heavy atom. The van der Waals surface area contributed by atoms with Crippen molar-refractivity contribution in [1.29, 1.82) is 0 Å². The molecule has 0 N–H and O–H groups in total. The van der Waals surface area contributed by atoms with Crippen molar-refractivity contribution in [1.82, 2.24) is 18.5 Å². The molecule has 11 aromatic rings. The van der Waals surface area contributed by atoms with Crippen LogP contribution in [0.4, 0.5) is 0 Å². The molecule has 0 atom stereocenters. The van der Waals surface area contributed by atoms with Crippen LogP contribution >= 0.6 is 0 Å². The van der Waals surface area contributed by atoms with E-state index in [1.165, 1.54) is 54.4 Å². The summed E-state index contributed by atoms with van der Waals surface area (Å²) in [4.78, 5) is 5.21. The van der Waals surface area contributed by atoms with E-state index >= 15 is 0 Å². The maximum Gasteiger partial charge on any atom is 0.146 e. The van der Waals surface area contributed by atoms with Crippen molar-refractivity contribution < 1.29 is 0 Å². The fourth-order valence-corrected chi connectivity index (χ4v) is 8.09. The Kier molecular flexibility index (Phi) is 4.81. The highest BCUT2D eigenvalue weighted by Gasteiger charge is 2.21. The Balaban J connectivity index is 1.31. The number of pyridine rings is 1. The van der Waals surface area contributed by atoms with Gasteiger partial charge in [0.25, 0.3) is 0 Å². The summed E-state index contributed by atoms with van der Waals surface area (Å²) < 4.78 is 7.19. The van der Waals surface area contributed by atoms with Crippen molar-refractivity contribution in [2.45, 2.75) is 0 Å². The second-order valence-corrected chi connectivity index (χ2v) is 12.4. The van der Waals surface area contributed by atoms with E-state index in [1.54, 1.807) is 0 Å². The molecule has 4 nitrogen and oxygen atoms in total. The van der Waals surface area contributed by atoms with Crippen LogP contribution in [0, 0.1) is 0 Å². The van der Waals surface area contributed by atoms with Crippen LogP contribution in [0.25, 0.3) is 93.3 Å². The van der Waals surface area contributed by atoms with Crippen molar-refractivity contribution >= 4 is 82.0 Å². The quantitative estimate of drug-likeness (QED) is 0.182. The van der Waals surface area contributed by atoms with Gasteiger partial charge in [-0.3, -0.25) is 4.40 Å². The first-order valence-electron chi connectivity index (χ1n) is 16.1. The molecule has 4 heterocycles. The van der Waals surface area contributed by atoms with Gasteiger partial charge in [-0.2, -0.15) is 0 Å². The van der Waals surface area contributed by atoms with E-state index in [0.717, 1.165) is 39.0 Å². The largest absolute Gasteiger partial charge is 0.309 e. The van der Waals surface area contributed by atoms with Crippen molar-refractivity contribution in [3.05, 3.63) is 158 Å². The van der Waals surface area contributed by atoms with Crippen LogP contribution in [-0.4, -0.2) is 18.5 Å². The molecule has 218 valence electrons. The average molecular weight is 599 g/mol. The van der Waals surface area contributed by atoms with Crippen LogP contribution in [0.3, 0.4) is 0 Å². The molecular formula is C43H26N4. The highest BCUT2D eigenvalue weighted by Crippen LogP contribution is 2.42. The summed E-state index contributed by atoms with van der Waals surface area (Å²) in [5, 5.41) is 8.59. The van der Waals surface area contributed by atoms with E-state index in [2.05, 4.69) is 171 Å². The van der Waals surface area contributed by atoms with Crippen LogP contribution in [-0.2, 0) is 0 Å². The third-order valence-electron chi connectivity index (χ3n) is 9.98. The minimum Gasteiger partial charge on any atom is -0.309 e. The molecule has 0 radical (unpaired) electrons. The van der Waals surface area contributed by atoms with Crippen molar-refractivity contribution in [2.75, 3.05) is 0 Å². The lowest BCUT2D eigenvalue weighted by atomic mass is 10.0. The zero-order valence-corrected chi connectivity index (χ0v) is 25.3. The molecule has 47 heavy (non-hydrogen) atoms. The molecule has 0 saturated heterocycles. The summed E-state index contributed by atoms with van der Waals surface area (Å²) in [6.45, 7) is 0. The van der Waals surface area contributed by atoms with Gasteiger partial charge in [0, 0.05) is 49.1 Å². The highest BCUT2D eigenvalue weighted by atomic mass is 15.0. The molecule has 0 unspecified atom stereocenters. The second kappa shape index (κ2) is 9.09. The van der Waals surface area contributed by atoms with Gasteiger partial charge in [0.05, 0.1) is 38.6 Å². The summed E-state index contributed by atoms with van der Waals surface area (Å²) in [6.07, 6.45) is 0. The van der Waals surface area contributed by atoms with Gasteiger partial charge < -0.3 is 9.13 Å². The van der Waals surface area contributed by atoms with Gasteiger partial charge in [-0.1, -0.05) is 97.1 Å². The number of benzene rings is 7. The number of hydrogen-bond acceptors (Lipinski definition) is 1. The lowest BCUT2D eigenvalue weighted by molar-refractivity contribution is 1.14. The number of hydrogen-bond donors (Lipinski definition) is 0. The third-order valence-corrected chi connectivity index (χ3v) is 9.98. The molecule has 0 aliphatic heterocycles. The van der Waals surface area contributed by atoms with E-state index in [0.29, 0.717) is 0 Å². The zero-order chi connectivity index (χ0) is 30.6. The fraction of sp³-hybridized carbons (Fsp3) is 0. The summed E-state index contributed by atoms with van der Waals surface area (Å²) in [5.74, 6) is 0.